The number of rotatable bonds is 3. The van der Waals surface area contributed by atoms with Gasteiger partial charge in [-0.05, 0) is 31.0 Å². The minimum absolute atomic E-state index is 0.370. The number of nitrogens with zero attached hydrogens (tertiary/aromatic N) is 1. The SMILES string of the molecule is N#Cc1cc(Cl)ccc1NC1(C(=O)O)CCCC1. The Balaban J connectivity index is 2.33. The molecule has 2 N–H and O–H groups in total. The molecule has 94 valence electrons. The normalized spacial score (nSPS) is 17.1. The van der Waals surface area contributed by atoms with Crippen LogP contribution in [0.3, 0.4) is 0 Å². The van der Waals surface area contributed by atoms with Gasteiger partial charge in [0.05, 0.1) is 11.3 Å². The van der Waals surface area contributed by atoms with Crippen molar-refractivity contribution in [3.63, 3.8) is 0 Å². The number of aliphatic carboxylic acids is 1. The molecule has 0 unspecified atom stereocenters. The quantitative estimate of drug-likeness (QED) is 0.880. The maximum atomic E-state index is 11.4. The fraction of sp³-hybridized carbons (Fsp3) is 0.385. The van der Waals surface area contributed by atoms with Gasteiger partial charge in [-0.2, -0.15) is 5.26 Å². The molecule has 1 aliphatic rings. The van der Waals surface area contributed by atoms with Gasteiger partial charge in [0.2, 0.25) is 0 Å². The summed E-state index contributed by atoms with van der Waals surface area (Å²) in [6.07, 6.45) is 2.93. The molecule has 2 rings (SSSR count). The van der Waals surface area contributed by atoms with E-state index in [0.717, 1.165) is 12.8 Å². The summed E-state index contributed by atoms with van der Waals surface area (Å²) in [6.45, 7) is 0. The van der Waals surface area contributed by atoms with Crippen molar-refractivity contribution in [3.8, 4) is 6.07 Å². The van der Waals surface area contributed by atoms with Crippen LogP contribution in [0.1, 0.15) is 31.2 Å². The van der Waals surface area contributed by atoms with Crippen molar-refractivity contribution >= 4 is 23.3 Å². The zero-order valence-electron chi connectivity index (χ0n) is 9.74. The smallest absolute Gasteiger partial charge is 0.329 e. The lowest BCUT2D eigenvalue weighted by Gasteiger charge is -2.27. The minimum Gasteiger partial charge on any atom is -0.480 e. The zero-order valence-corrected chi connectivity index (χ0v) is 10.5. The highest BCUT2D eigenvalue weighted by Crippen LogP contribution is 2.34. The van der Waals surface area contributed by atoms with E-state index in [0.29, 0.717) is 29.1 Å². The predicted octanol–water partition coefficient (Wildman–Crippen LogP) is 3.02. The van der Waals surface area contributed by atoms with Gasteiger partial charge in [0.25, 0.3) is 0 Å². The zero-order chi connectivity index (χ0) is 13.2. The Morgan fingerprint density at radius 2 is 2.11 bits per heavy atom. The molecule has 0 bridgehead atoms. The van der Waals surface area contributed by atoms with E-state index in [-0.39, 0.29) is 0 Å². The molecule has 18 heavy (non-hydrogen) atoms. The molecular formula is C13H13ClN2O2. The van der Waals surface area contributed by atoms with Gasteiger partial charge in [-0.3, -0.25) is 0 Å². The Morgan fingerprint density at radius 3 is 2.67 bits per heavy atom. The van der Waals surface area contributed by atoms with Gasteiger partial charge in [-0.15, -0.1) is 0 Å². The van der Waals surface area contributed by atoms with Crippen LogP contribution in [0, 0.1) is 11.3 Å². The molecule has 1 fully saturated rings. The highest BCUT2D eigenvalue weighted by molar-refractivity contribution is 6.30. The second-order valence-electron chi connectivity index (χ2n) is 4.52. The van der Waals surface area contributed by atoms with Crippen molar-refractivity contribution in [1.82, 2.24) is 0 Å². The number of hydrogen-bond acceptors (Lipinski definition) is 3. The molecule has 0 radical (unpaired) electrons. The molecule has 0 amide bonds. The fourth-order valence-corrected chi connectivity index (χ4v) is 2.52. The molecule has 1 saturated carbocycles. The average Bonchev–Trinajstić information content (AvgIpc) is 2.81. The monoisotopic (exact) mass is 264 g/mol. The average molecular weight is 265 g/mol. The summed E-state index contributed by atoms with van der Waals surface area (Å²) < 4.78 is 0. The van der Waals surface area contributed by atoms with Gasteiger partial charge in [0.15, 0.2) is 0 Å². The number of benzene rings is 1. The van der Waals surface area contributed by atoms with Gasteiger partial charge in [-0.25, -0.2) is 4.79 Å². The predicted molar refractivity (Wildman–Crippen MR) is 68.6 cm³/mol. The standard InChI is InChI=1S/C13H13ClN2O2/c14-10-3-4-11(9(7-10)8-15)16-13(12(17)18)5-1-2-6-13/h3-4,7,16H,1-2,5-6H2,(H,17,18). The number of carbonyl (C=O) groups is 1. The summed E-state index contributed by atoms with van der Waals surface area (Å²) in [5, 5.41) is 21.9. The first-order valence-electron chi connectivity index (χ1n) is 5.79. The van der Waals surface area contributed by atoms with E-state index in [4.69, 9.17) is 16.9 Å². The maximum Gasteiger partial charge on any atom is 0.329 e. The number of nitrogens with one attached hydrogen (secondary N) is 1. The van der Waals surface area contributed by atoms with Crippen molar-refractivity contribution in [2.75, 3.05) is 5.32 Å². The van der Waals surface area contributed by atoms with Gasteiger partial charge < -0.3 is 10.4 Å². The van der Waals surface area contributed by atoms with E-state index in [9.17, 15) is 9.90 Å². The molecule has 0 heterocycles. The Hall–Kier alpha value is -1.73. The van der Waals surface area contributed by atoms with E-state index in [1.807, 2.05) is 6.07 Å². The minimum atomic E-state index is -0.945. The molecule has 0 atom stereocenters. The van der Waals surface area contributed by atoms with Crippen molar-refractivity contribution < 1.29 is 9.90 Å². The van der Waals surface area contributed by atoms with Crippen LogP contribution in [0.25, 0.3) is 0 Å². The summed E-state index contributed by atoms with van der Waals surface area (Å²) in [6, 6.07) is 6.87. The molecule has 1 aromatic rings. The number of carboxylic acid groups (broad SMARTS) is 1. The van der Waals surface area contributed by atoms with Crippen molar-refractivity contribution in [2.45, 2.75) is 31.2 Å². The van der Waals surface area contributed by atoms with Crippen molar-refractivity contribution in [3.05, 3.63) is 28.8 Å². The number of carboxylic acids is 1. The molecule has 0 aromatic heterocycles. The highest BCUT2D eigenvalue weighted by Gasteiger charge is 2.41. The molecular weight excluding hydrogens is 252 g/mol. The van der Waals surface area contributed by atoms with Gasteiger partial charge in [-0.1, -0.05) is 24.4 Å². The first-order valence-corrected chi connectivity index (χ1v) is 6.16. The third-order valence-corrected chi connectivity index (χ3v) is 3.58. The van der Waals surface area contributed by atoms with E-state index in [2.05, 4.69) is 5.32 Å². The molecule has 4 nitrogen and oxygen atoms in total. The second-order valence-corrected chi connectivity index (χ2v) is 4.96. The van der Waals surface area contributed by atoms with Crippen LogP contribution in [0.2, 0.25) is 5.02 Å². The van der Waals surface area contributed by atoms with Crippen LogP contribution in [-0.2, 0) is 4.79 Å². The molecule has 0 aliphatic heterocycles. The Kier molecular flexibility index (Phi) is 3.44. The maximum absolute atomic E-state index is 11.4. The van der Waals surface area contributed by atoms with Crippen LogP contribution in [0.15, 0.2) is 18.2 Å². The summed E-state index contributed by atoms with van der Waals surface area (Å²) >= 11 is 5.81. The van der Waals surface area contributed by atoms with Gasteiger partial charge >= 0.3 is 5.97 Å². The number of anilines is 1. The van der Waals surface area contributed by atoms with Gasteiger partial charge in [0.1, 0.15) is 11.6 Å². The summed E-state index contributed by atoms with van der Waals surface area (Å²) in [5.74, 6) is -0.862. The largest absolute Gasteiger partial charge is 0.480 e. The molecule has 1 aliphatic carbocycles. The highest BCUT2D eigenvalue weighted by atomic mass is 35.5. The van der Waals surface area contributed by atoms with Crippen LogP contribution in [-0.4, -0.2) is 16.6 Å². The Bertz CT molecular complexity index is 516. The first kappa shape index (κ1) is 12.7. The van der Waals surface area contributed by atoms with Gasteiger partial charge in [0, 0.05) is 5.02 Å². The lowest BCUT2D eigenvalue weighted by Crippen LogP contribution is -2.43. The third-order valence-electron chi connectivity index (χ3n) is 3.34. The van der Waals surface area contributed by atoms with E-state index in [1.54, 1.807) is 12.1 Å². The lowest BCUT2D eigenvalue weighted by atomic mass is 9.96. The number of nitriles is 1. The molecule has 1 aromatic carbocycles. The van der Waals surface area contributed by atoms with Crippen LogP contribution in [0.4, 0.5) is 5.69 Å². The topological polar surface area (TPSA) is 73.1 Å². The van der Waals surface area contributed by atoms with Crippen LogP contribution >= 0.6 is 11.6 Å². The van der Waals surface area contributed by atoms with Crippen molar-refractivity contribution in [1.29, 1.82) is 5.26 Å². The summed E-state index contributed by atoms with van der Waals surface area (Å²) in [5.41, 5.74) is -0.0411. The molecule has 5 heteroatoms. The van der Waals surface area contributed by atoms with E-state index >= 15 is 0 Å². The lowest BCUT2D eigenvalue weighted by molar-refractivity contribution is -0.142. The third kappa shape index (κ3) is 2.27. The fourth-order valence-electron chi connectivity index (χ4n) is 2.35. The number of hydrogen-bond donors (Lipinski definition) is 2. The second kappa shape index (κ2) is 4.87. The summed E-state index contributed by atoms with van der Waals surface area (Å²) in [4.78, 5) is 11.4. The van der Waals surface area contributed by atoms with E-state index < -0.39 is 11.5 Å². The molecule has 0 saturated heterocycles. The Morgan fingerprint density at radius 1 is 1.44 bits per heavy atom. The van der Waals surface area contributed by atoms with E-state index in [1.165, 1.54) is 6.07 Å². The van der Waals surface area contributed by atoms with Crippen molar-refractivity contribution in [2.24, 2.45) is 0 Å². The summed E-state index contributed by atoms with van der Waals surface area (Å²) in [7, 11) is 0. The van der Waals surface area contributed by atoms with Crippen LogP contribution in [0.5, 0.6) is 0 Å². The van der Waals surface area contributed by atoms with Crippen LogP contribution < -0.4 is 5.32 Å². The first-order chi connectivity index (χ1) is 8.57. The molecule has 0 spiro atoms. The Labute approximate surface area is 110 Å². The number of halogens is 1.